The van der Waals surface area contributed by atoms with Gasteiger partial charge in [0.2, 0.25) is 6.41 Å². The highest BCUT2D eigenvalue weighted by atomic mass is 16.1. The van der Waals surface area contributed by atoms with Crippen LogP contribution in [-0.2, 0) is 11.3 Å². The molecule has 1 aliphatic rings. The molecule has 2 rings (SSSR count). The lowest BCUT2D eigenvalue weighted by molar-refractivity contribution is -0.119. The molecule has 1 saturated heterocycles. The molecule has 0 aromatic carbocycles. The van der Waals surface area contributed by atoms with E-state index in [4.69, 9.17) is 0 Å². The molecule has 0 spiro atoms. The van der Waals surface area contributed by atoms with Crippen LogP contribution in [0.2, 0.25) is 0 Å². The van der Waals surface area contributed by atoms with Crippen LogP contribution in [0.1, 0.15) is 18.7 Å². The van der Waals surface area contributed by atoms with Gasteiger partial charge in [0.1, 0.15) is 5.82 Å². The minimum absolute atomic E-state index is 0.580. The first kappa shape index (κ1) is 10.2. The summed E-state index contributed by atoms with van der Waals surface area (Å²) in [5, 5.41) is 0. The molecule has 1 aliphatic heterocycles. The maximum Gasteiger partial charge on any atom is 0.209 e. The van der Waals surface area contributed by atoms with Crippen LogP contribution in [0.15, 0.2) is 12.4 Å². The Kier molecular flexibility index (Phi) is 3.04. The van der Waals surface area contributed by atoms with Gasteiger partial charge in [-0.1, -0.05) is 0 Å². The maximum atomic E-state index is 10.7. The number of aromatic nitrogens is 2. The van der Waals surface area contributed by atoms with Gasteiger partial charge in [0, 0.05) is 32.0 Å². The molecule has 1 fully saturated rings. The molecule has 4 heteroatoms. The van der Waals surface area contributed by atoms with Gasteiger partial charge in [-0.25, -0.2) is 4.98 Å². The van der Waals surface area contributed by atoms with E-state index in [1.165, 1.54) is 6.42 Å². The largest absolute Gasteiger partial charge is 0.345 e. The molecule has 0 N–H and O–H groups in total. The molecule has 0 radical (unpaired) electrons. The van der Waals surface area contributed by atoms with Crippen molar-refractivity contribution < 1.29 is 4.79 Å². The number of imidazole rings is 1. The molecule has 0 saturated carbocycles. The third kappa shape index (κ3) is 2.37. The average molecular weight is 207 g/mol. The first-order valence-corrected chi connectivity index (χ1v) is 5.46. The summed E-state index contributed by atoms with van der Waals surface area (Å²) in [5.74, 6) is 1.63. The number of piperidine rings is 1. The van der Waals surface area contributed by atoms with Crippen LogP contribution >= 0.6 is 0 Å². The zero-order valence-corrected chi connectivity index (χ0v) is 9.09. The Bertz CT molecular complexity index is 334. The maximum absolute atomic E-state index is 10.7. The fourth-order valence-corrected chi connectivity index (χ4v) is 2.22. The van der Waals surface area contributed by atoms with Crippen molar-refractivity contribution in [2.24, 2.45) is 5.92 Å². The summed E-state index contributed by atoms with van der Waals surface area (Å²) in [6.45, 7) is 4.81. The van der Waals surface area contributed by atoms with Crippen LogP contribution in [0.25, 0.3) is 0 Å². The van der Waals surface area contributed by atoms with E-state index in [9.17, 15) is 4.79 Å². The van der Waals surface area contributed by atoms with Gasteiger partial charge in [-0.3, -0.25) is 4.79 Å². The van der Waals surface area contributed by atoms with Crippen molar-refractivity contribution in [3.8, 4) is 0 Å². The van der Waals surface area contributed by atoms with E-state index in [2.05, 4.69) is 9.55 Å². The SMILES string of the molecule is Cc1nccn1CC1CCCN(C=O)C1. The van der Waals surface area contributed by atoms with Gasteiger partial charge in [-0.2, -0.15) is 0 Å². The topological polar surface area (TPSA) is 38.1 Å². The number of aryl methyl sites for hydroxylation is 1. The first-order valence-electron chi connectivity index (χ1n) is 5.46. The third-order valence-corrected chi connectivity index (χ3v) is 3.08. The zero-order chi connectivity index (χ0) is 10.7. The van der Waals surface area contributed by atoms with E-state index in [0.29, 0.717) is 5.92 Å². The summed E-state index contributed by atoms with van der Waals surface area (Å²) in [4.78, 5) is 16.8. The molecule has 82 valence electrons. The van der Waals surface area contributed by atoms with Crippen molar-refractivity contribution in [1.29, 1.82) is 0 Å². The van der Waals surface area contributed by atoms with Gasteiger partial charge in [-0.15, -0.1) is 0 Å². The lowest BCUT2D eigenvalue weighted by Gasteiger charge is -2.30. The molecular formula is C11H17N3O. The summed E-state index contributed by atoms with van der Waals surface area (Å²) in [7, 11) is 0. The fraction of sp³-hybridized carbons (Fsp3) is 0.636. The van der Waals surface area contributed by atoms with Crippen molar-refractivity contribution in [2.75, 3.05) is 13.1 Å². The highest BCUT2D eigenvalue weighted by Crippen LogP contribution is 2.17. The molecule has 4 nitrogen and oxygen atoms in total. The van der Waals surface area contributed by atoms with Crippen molar-refractivity contribution in [2.45, 2.75) is 26.3 Å². The molecule has 2 heterocycles. The van der Waals surface area contributed by atoms with Crippen LogP contribution in [0.5, 0.6) is 0 Å². The van der Waals surface area contributed by atoms with Gasteiger partial charge in [-0.05, 0) is 25.7 Å². The number of carbonyl (C=O) groups excluding carboxylic acids is 1. The predicted molar refractivity (Wildman–Crippen MR) is 57.3 cm³/mol. The molecule has 15 heavy (non-hydrogen) atoms. The van der Waals surface area contributed by atoms with E-state index in [0.717, 1.165) is 38.3 Å². The standard InChI is InChI=1S/C11H17N3O/c1-10-12-4-6-14(10)8-11-3-2-5-13(7-11)9-15/h4,6,9,11H,2-3,5,7-8H2,1H3. The van der Waals surface area contributed by atoms with E-state index in [1.54, 1.807) is 0 Å². The average Bonchev–Trinajstić information content (AvgIpc) is 2.65. The van der Waals surface area contributed by atoms with Gasteiger partial charge < -0.3 is 9.47 Å². The number of nitrogens with zero attached hydrogens (tertiary/aromatic N) is 3. The molecule has 0 bridgehead atoms. The minimum Gasteiger partial charge on any atom is -0.345 e. The minimum atomic E-state index is 0.580. The molecule has 1 atom stereocenters. The Labute approximate surface area is 89.9 Å². The highest BCUT2D eigenvalue weighted by Gasteiger charge is 2.19. The molecule has 1 amide bonds. The monoisotopic (exact) mass is 207 g/mol. The van der Waals surface area contributed by atoms with Crippen molar-refractivity contribution in [3.05, 3.63) is 18.2 Å². The van der Waals surface area contributed by atoms with Gasteiger partial charge >= 0.3 is 0 Å². The van der Waals surface area contributed by atoms with E-state index >= 15 is 0 Å². The van der Waals surface area contributed by atoms with Crippen LogP contribution in [0.4, 0.5) is 0 Å². The van der Waals surface area contributed by atoms with Crippen LogP contribution in [0, 0.1) is 12.8 Å². The zero-order valence-electron chi connectivity index (χ0n) is 9.09. The highest BCUT2D eigenvalue weighted by molar-refractivity contribution is 5.47. The van der Waals surface area contributed by atoms with E-state index in [1.807, 2.05) is 24.2 Å². The normalized spacial score (nSPS) is 21.7. The summed E-state index contributed by atoms with van der Waals surface area (Å²) >= 11 is 0. The predicted octanol–water partition coefficient (Wildman–Crippen LogP) is 1.06. The van der Waals surface area contributed by atoms with Crippen molar-refractivity contribution in [3.63, 3.8) is 0 Å². The van der Waals surface area contributed by atoms with Crippen molar-refractivity contribution in [1.82, 2.24) is 14.5 Å². The molecule has 1 unspecified atom stereocenters. The van der Waals surface area contributed by atoms with E-state index in [-0.39, 0.29) is 0 Å². The quantitative estimate of drug-likeness (QED) is 0.695. The second kappa shape index (κ2) is 4.47. The molecule has 0 aliphatic carbocycles. The summed E-state index contributed by atoms with van der Waals surface area (Å²) < 4.78 is 2.17. The smallest absolute Gasteiger partial charge is 0.209 e. The van der Waals surface area contributed by atoms with Gasteiger partial charge in [0.15, 0.2) is 0 Å². The van der Waals surface area contributed by atoms with Gasteiger partial charge in [0.05, 0.1) is 0 Å². The summed E-state index contributed by atoms with van der Waals surface area (Å²) in [6.07, 6.45) is 7.14. The number of likely N-dealkylation sites (tertiary alicyclic amines) is 1. The Morgan fingerprint density at radius 2 is 2.53 bits per heavy atom. The van der Waals surface area contributed by atoms with Crippen LogP contribution in [0.3, 0.4) is 0 Å². The number of amides is 1. The molecular weight excluding hydrogens is 190 g/mol. The second-order valence-corrected chi connectivity index (χ2v) is 4.24. The second-order valence-electron chi connectivity index (χ2n) is 4.24. The number of hydrogen-bond donors (Lipinski definition) is 0. The number of rotatable bonds is 3. The summed E-state index contributed by atoms with van der Waals surface area (Å²) in [5.41, 5.74) is 0. The lowest BCUT2D eigenvalue weighted by atomic mass is 9.98. The number of hydrogen-bond acceptors (Lipinski definition) is 2. The Morgan fingerprint density at radius 3 is 3.20 bits per heavy atom. The molecule has 1 aromatic heterocycles. The fourth-order valence-electron chi connectivity index (χ4n) is 2.22. The van der Waals surface area contributed by atoms with Crippen molar-refractivity contribution >= 4 is 6.41 Å². The van der Waals surface area contributed by atoms with Crippen LogP contribution in [-0.4, -0.2) is 34.0 Å². The third-order valence-electron chi connectivity index (χ3n) is 3.08. The van der Waals surface area contributed by atoms with Crippen LogP contribution < -0.4 is 0 Å². The Morgan fingerprint density at radius 1 is 1.67 bits per heavy atom. The Balaban J connectivity index is 1.94. The van der Waals surface area contributed by atoms with Gasteiger partial charge in [0.25, 0.3) is 0 Å². The molecule has 1 aromatic rings. The first-order chi connectivity index (χ1) is 7.29. The Hall–Kier alpha value is -1.32. The lowest BCUT2D eigenvalue weighted by Crippen LogP contribution is -2.36. The number of carbonyl (C=O) groups is 1. The summed E-state index contributed by atoms with van der Waals surface area (Å²) in [6, 6.07) is 0. The van der Waals surface area contributed by atoms with E-state index < -0.39 is 0 Å².